The molecule has 1 fully saturated rings. The molecule has 0 amide bonds. The van der Waals surface area contributed by atoms with E-state index in [4.69, 9.17) is 9.47 Å². The maximum absolute atomic E-state index is 5.68. The van der Waals surface area contributed by atoms with E-state index in [1.165, 1.54) is 16.7 Å². The highest BCUT2D eigenvalue weighted by Gasteiger charge is 2.34. The van der Waals surface area contributed by atoms with Crippen molar-refractivity contribution in [2.75, 3.05) is 33.9 Å². The minimum Gasteiger partial charge on any atom is -0.497 e. The Bertz CT molecular complexity index is 1030. The first-order valence-electron chi connectivity index (χ1n) is 11.4. The molecule has 2 aromatic carbocycles. The molecule has 3 aromatic rings. The van der Waals surface area contributed by atoms with Crippen molar-refractivity contribution in [2.45, 2.75) is 31.3 Å². The highest BCUT2D eigenvalue weighted by molar-refractivity contribution is 14.0. The molecule has 2 N–H and O–H groups in total. The van der Waals surface area contributed by atoms with Gasteiger partial charge in [0, 0.05) is 51.2 Å². The summed E-state index contributed by atoms with van der Waals surface area (Å²) in [6, 6.07) is 18.8. The number of hydrogen-bond acceptors (Lipinski definition) is 4. The number of aromatic nitrogens is 2. The van der Waals surface area contributed by atoms with E-state index in [2.05, 4.69) is 57.1 Å². The van der Waals surface area contributed by atoms with E-state index >= 15 is 0 Å². The number of guanidine groups is 1. The quantitative estimate of drug-likeness (QED) is 0.242. The minimum atomic E-state index is 0. The molecule has 1 aromatic heterocycles. The summed E-state index contributed by atoms with van der Waals surface area (Å²) in [5.74, 6) is 1.67. The first-order valence-corrected chi connectivity index (χ1v) is 11.4. The number of methoxy groups -OCH3 is 1. The molecule has 1 aliphatic heterocycles. The van der Waals surface area contributed by atoms with Crippen molar-refractivity contribution in [1.29, 1.82) is 0 Å². The molecule has 34 heavy (non-hydrogen) atoms. The predicted octanol–water partition coefficient (Wildman–Crippen LogP) is 3.97. The van der Waals surface area contributed by atoms with Gasteiger partial charge in [-0.25, -0.2) is 0 Å². The predicted molar refractivity (Wildman–Crippen MR) is 146 cm³/mol. The monoisotopic (exact) mass is 575 g/mol. The second-order valence-electron chi connectivity index (χ2n) is 8.37. The third kappa shape index (κ3) is 6.50. The van der Waals surface area contributed by atoms with Gasteiger partial charge in [-0.1, -0.05) is 36.4 Å². The number of hydrogen-bond donors (Lipinski definition) is 2. The Morgan fingerprint density at radius 1 is 1.06 bits per heavy atom. The van der Waals surface area contributed by atoms with Crippen LogP contribution in [-0.2, 0) is 23.2 Å². The Balaban J connectivity index is 0.00000324. The standard InChI is InChI=1S/C26H33N5O2.HI/c1-27-25(28-18-21-6-3-4-7-22(21)19-31-15-5-14-30-31)29-20-26(12-16-33-17-13-26)23-8-10-24(32-2)11-9-23;/h3-11,14-15H,12-13,16-20H2,1-2H3,(H2,27,28,29);1H. The van der Waals surface area contributed by atoms with E-state index in [-0.39, 0.29) is 29.4 Å². The van der Waals surface area contributed by atoms with Gasteiger partial charge in [-0.2, -0.15) is 5.10 Å². The van der Waals surface area contributed by atoms with Crippen molar-refractivity contribution in [3.05, 3.63) is 83.7 Å². The van der Waals surface area contributed by atoms with E-state index in [0.29, 0.717) is 6.54 Å². The Morgan fingerprint density at radius 3 is 2.44 bits per heavy atom. The van der Waals surface area contributed by atoms with Gasteiger partial charge in [0.05, 0.1) is 13.7 Å². The average molecular weight is 575 g/mol. The summed E-state index contributed by atoms with van der Waals surface area (Å²) in [6.07, 6.45) is 5.73. The average Bonchev–Trinajstić information content (AvgIpc) is 3.39. The van der Waals surface area contributed by atoms with Crippen LogP contribution in [0.2, 0.25) is 0 Å². The van der Waals surface area contributed by atoms with Gasteiger partial charge in [0.15, 0.2) is 5.96 Å². The molecule has 0 bridgehead atoms. The van der Waals surface area contributed by atoms with Crippen LogP contribution in [0.5, 0.6) is 5.75 Å². The minimum absolute atomic E-state index is 0. The third-order valence-electron chi connectivity index (χ3n) is 6.43. The molecule has 0 atom stereocenters. The van der Waals surface area contributed by atoms with Crippen molar-refractivity contribution in [3.63, 3.8) is 0 Å². The van der Waals surface area contributed by atoms with Crippen molar-refractivity contribution in [2.24, 2.45) is 4.99 Å². The van der Waals surface area contributed by atoms with Crippen molar-refractivity contribution in [3.8, 4) is 5.75 Å². The maximum atomic E-state index is 5.68. The Hall–Kier alpha value is -2.59. The second-order valence-corrected chi connectivity index (χ2v) is 8.37. The van der Waals surface area contributed by atoms with E-state index in [9.17, 15) is 0 Å². The molecule has 0 spiro atoms. The van der Waals surface area contributed by atoms with Gasteiger partial charge in [0.2, 0.25) is 0 Å². The van der Waals surface area contributed by atoms with Crippen LogP contribution in [0.3, 0.4) is 0 Å². The number of halogens is 1. The van der Waals surface area contributed by atoms with Crippen LogP contribution < -0.4 is 15.4 Å². The molecule has 2 heterocycles. The molecule has 1 aliphatic rings. The lowest BCUT2D eigenvalue weighted by Gasteiger charge is -2.38. The lowest BCUT2D eigenvalue weighted by atomic mass is 9.74. The van der Waals surface area contributed by atoms with Gasteiger partial charge < -0.3 is 20.1 Å². The Labute approximate surface area is 219 Å². The first-order chi connectivity index (χ1) is 16.2. The summed E-state index contributed by atoms with van der Waals surface area (Å²) in [5, 5.41) is 11.4. The smallest absolute Gasteiger partial charge is 0.191 e. The maximum Gasteiger partial charge on any atom is 0.191 e. The zero-order valence-electron chi connectivity index (χ0n) is 19.9. The fourth-order valence-electron chi connectivity index (χ4n) is 4.38. The van der Waals surface area contributed by atoms with Gasteiger partial charge >= 0.3 is 0 Å². The number of aliphatic imine (C=N–C) groups is 1. The number of nitrogens with one attached hydrogen (secondary N) is 2. The van der Waals surface area contributed by atoms with Crippen molar-refractivity contribution >= 4 is 29.9 Å². The SMILES string of the molecule is CN=C(NCc1ccccc1Cn1cccn1)NCC1(c2ccc(OC)cc2)CCOCC1.I. The van der Waals surface area contributed by atoms with Crippen LogP contribution >= 0.6 is 24.0 Å². The van der Waals surface area contributed by atoms with Gasteiger partial charge in [0.1, 0.15) is 5.75 Å². The zero-order chi connectivity index (χ0) is 22.9. The second kappa shape index (κ2) is 12.8. The molecule has 0 aliphatic carbocycles. The molecule has 1 saturated heterocycles. The van der Waals surface area contributed by atoms with Crippen LogP contribution in [0.4, 0.5) is 0 Å². The number of rotatable bonds is 8. The molecule has 0 radical (unpaired) electrons. The summed E-state index contributed by atoms with van der Waals surface area (Å²) in [6.45, 7) is 3.76. The van der Waals surface area contributed by atoms with Crippen LogP contribution in [0.15, 0.2) is 72.0 Å². The Morgan fingerprint density at radius 2 is 1.79 bits per heavy atom. The summed E-state index contributed by atoms with van der Waals surface area (Å²) in [7, 11) is 3.51. The molecule has 182 valence electrons. The van der Waals surface area contributed by atoms with Gasteiger partial charge in [-0.05, 0) is 47.7 Å². The number of nitrogens with zero attached hydrogens (tertiary/aromatic N) is 3. The lowest BCUT2D eigenvalue weighted by molar-refractivity contribution is 0.0513. The van der Waals surface area contributed by atoms with Crippen LogP contribution in [0.1, 0.15) is 29.5 Å². The molecular formula is C26H34IN5O2. The highest BCUT2D eigenvalue weighted by Crippen LogP contribution is 2.35. The normalized spacial score (nSPS) is 15.3. The zero-order valence-corrected chi connectivity index (χ0v) is 22.2. The highest BCUT2D eigenvalue weighted by atomic mass is 127. The largest absolute Gasteiger partial charge is 0.497 e. The molecule has 7 nitrogen and oxygen atoms in total. The van der Waals surface area contributed by atoms with Gasteiger partial charge in [-0.3, -0.25) is 9.67 Å². The van der Waals surface area contributed by atoms with E-state index in [1.807, 2.05) is 42.3 Å². The van der Waals surface area contributed by atoms with E-state index in [0.717, 1.165) is 50.9 Å². The lowest BCUT2D eigenvalue weighted by Crippen LogP contribution is -2.48. The fraction of sp³-hybridized carbons (Fsp3) is 0.385. The molecule has 8 heteroatoms. The first kappa shape index (κ1) is 26.0. The topological polar surface area (TPSA) is 72.7 Å². The van der Waals surface area contributed by atoms with E-state index < -0.39 is 0 Å². The Kier molecular flexibility index (Phi) is 9.76. The summed E-state index contributed by atoms with van der Waals surface area (Å²) in [4.78, 5) is 4.47. The molecule has 0 saturated carbocycles. The number of ether oxygens (including phenoxy) is 2. The van der Waals surface area contributed by atoms with Gasteiger partial charge in [-0.15, -0.1) is 24.0 Å². The van der Waals surface area contributed by atoms with Gasteiger partial charge in [0.25, 0.3) is 0 Å². The van der Waals surface area contributed by atoms with Crippen LogP contribution in [0.25, 0.3) is 0 Å². The fourth-order valence-corrected chi connectivity index (χ4v) is 4.38. The third-order valence-corrected chi connectivity index (χ3v) is 6.43. The molecule has 4 rings (SSSR count). The molecule has 0 unspecified atom stereocenters. The summed E-state index contributed by atoms with van der Waals surface area (Å²) in [5.41, 5.74) is 3.77. The van der Waals surface area contributed by atoms with Crippen LogP contribution in [-0.4, -0.2) is 49.7 Å². The molecular weight excluding hydrogens is 541 g/mol. The van der Waals surface area contributed by atoms with Crippen molar-refractivity contribution in [1.82, 2.24) is 20.4 Å². The van der Waals surface area contributed by atoms with E-state index in [1.54, 1.807) is 7.11 Å². The summed E-state index contributed by atoms with van der Waals surface area (Å²) < 4.78 is 13.0. The van der Waals surface area contributed by atoms with Crippen LogP contribution in [0, 0.1) is 0 Å². The number of benzene rings is 2. The van der Waals surface area contributed by atoms with Crippen molar-refractivity contribution < 1.29 is 9.47 Å². The summed E-state index contributed by atoms with van der Waals surface area (Å²) >= 11 is 0.